The Morgan fingerprint density at radius 1 is 0.818 bits per heavy atom. The van der Waals surface area contributed by atoms with Gasteiger partial charge in [0, 0.05) is 20.1 Å². The number of ether oxygens (including phenoxy) is 2. The van der Waals surface area contributed by atoms with Crippen LogP contribution in [0.15, 0.2) is 33.2 Å². The molecule has 0 fully saturated rings. The van der Waals surface area contributed by atoms with Crippen molar-refractivity contribution < 1.29 is 14.3 Å². The molecule has 2 aromatic carbocycles. The maximum absolute atomic E-state index is 13.0. The van der Waals surface area contributed by atoms with Crippen LogP contribution >= 0.6 is 31.9 Å². The molecule has 2 aromatic rings. The van der Waals surface area contributed by atoms with Crippen LogP contribution in [0, 0.1) is 13.8 Å². The summed E-state index contributed by atoms with van der Waals surface area (Å²) in [5.41, 5.74) is 2.97. The zero-order valence-electron chi connectivity index (χ0n) is 12.8. The van der Waals surface area contributed by atoms with Gasteiger partial charge in [-0.05, 0) is 49.2 Å². The van der Waals surface area contributed by atoms with Gasteiger partial charge in [-0.15, -0.1) is 0 Å². The highest BCUT2D eigenvalue weighted by atomic mass is 79.9. The molecule has 0 amide bonds. The van der Waals surface area contributed by atoms with Gasteiger partial charge in [0.1, 0.15) is 11.5 Å². The van der Waals surface area contributed by atoms with Crippen LogP contribution in [0.25, 0.3) is 0 Å². The number of hydrogen-bond acceptors (Lipinski definition) is 3. The summed E-state index contributed by atoms with van der Waals surface area (Å²) in [5.74, 6) is 1.22. The van der Waals surface area contributed by atoms with Crippen molar-refractivity contribution in [3.63, 3.8) is 0 Å². The monoisotopic (exact) mass is 426 g/mol. The van der Waals surface area contributed by atoms with E-state index in [9.17, 15) is 4.79 Å². The second kappa shape index (κ2) is 6.84. The first-order valence-corrected chi connectivity index (χ1v) is 8.20. The molecule has 0 aromatic heterocycles. The topological polar surface area (TPSA) is 35.5 Å². The largest absolute Gasteiger partial charge is 0.497 e. The third-order valence-corrected chi connectivity index (χ3v) is 5.24. The molecule has 22 heavy (non-hydrogen) atoms. The van der Waals surface area contributed by atoms with Crippen LogP contribution in [0.5, 0.6) is 11.5 Å². The zero-order chi connectivity index (χ0) is 16.4. The Morgan fingerprint density at radius 3 is 1.50 bits per heavy atom. The van der Waals surface area contributed by atoms with Crippen molar-refractivity contribution in [2.24, 2.45) is 0 Å². The molecule has 2 rings (SSSR count). The standard InChI is InChI=1S/C17H16Br2O3/c1-9-13(5-11(21-3)7-15(9)18)17(20)14-6-12(22-4)8-16(19)10(14)2/h5-8H,1-4H3. The first-order chi connectivity index (χ1) is 10.4. The van der Waals surface area contributed by atoms with Crippen LogP contribution in [0.2, 0.25) is 0 Å². The number of halogens is 2. The fourth-order valence-electron chi connectivity index (χ4n) is 2.16. The van der Waals surface area contributed by atoms with E-state index in [4.69, 9.17) is 9.47 Å². The van der Waals surface area contributed by atoms with E-state index in [2.05, 4.69) is 31.9 Å². The highest BCUT2D eigenvalue weighted by Gasteiger charge is 2.19. The quantitative estimate of drug-likeness (QED) is 0.638. The summed E-state index contributed by atoms with van der Waals surface area (Å²) < 4.78 is 12.2. The summed E-state index contributed by atoms with van der Waals surface area (Å²) in [6.07, 6.45) is 0. The number of benzene rings is 2. The summed E-state index contributed by atoms with van der Waals surface area (Å²) in [6.45, 7) is 3.81. The molecule has 0 unspecified atom stereocenters. The highest BCUT2D eigenvalue weighted by molar-refractivity contribution is 9.10. The molecule has 0 bridgehead atoms. The van der Waals surface area contributed by atoms with Crippen molar-refractivity contribution in [1.82, 2.24) is 0 Å². The van der Waals surface area contributed by atoms with Gasteiger partial charge >= 0.3 is 0 Å². The van der Waals surface area contributed by atoms with E-state index in [-0.39, 0.29) is 5.78 Å². The number of hydrogen-bond donors (Lipinski definition) is 0. The van der Waals surface area contributed by atoms with Crippen molar-refractivity contribution in [1.29, 1.82) is 0 Å². The molecule has 5 heteroatoms. The Balaban J connectivity index is 2.62. The molecule has 0 saturated heterocycles. The Kier molecular flexibility index (Phi) is 5.29. The van der Waals surface area contributed by atoms with Gasteiger partial charge in [0.05, 0.1) is 14.2 Å². The van der Waals surface area contributed by atoms with E-state index in [1.165, 1.54) is 0 Å². The molecule has 0 N–H and O–H groups in total. The van der Waals surface area contributed by atoms with Gasteiger partial charge in [-0.1, -0.05) is 31.9 Å². The van der Waals surface area contributed by atoms with Crippen LogP contribution < -0.4 is 9.47 Å². The molecule has 116 valence electrons. The SMILES string of the molecule is COc1cc(Br)c(C)c(C(=O)c2cc(OC)cc(Br)c2C)c1. The Bertz CT molecular complexity index is 678. The van der Waals surface area contributed by atoms with E-state index in [1.807, 2.05) is 26.0 Å². The lowest BCUT2D eigenvalue weighted by Crippen LogP contribution is -2.07. The maximum Gasteiger partial charge on any atom is 0.193 e. The van der Waals surface area contributed by atoms with Gasteiger partial charge in [0.2, 0.25) is 0 Å². The van der Waals surface area contributed by atoms with Gasteiger partial charge in [-0.2, -0.15) is 0 Å². The number of rotatable bonds is 4. The molecule has 3 nitrogen and oxygen atoms in total. The van der Waals surface area contributed by atoms with E-state index in [1.54, 1.807) is 26.4 Å². The molecule has 0 aliphatic heterocycles. The first-order valence-electron chi connectivity index (χ1n) is 6.62. The minimum Gasteiger partial charge on any atom is -0.497 e. The zero-order valence-corrected chi connectivity index (χ0v) is 16.0. The van der Waals surface area contributed by atoms with Crippen molar-refractivity contribution in [2.45, 2.75) is 13.8 Å². The van der Waals surface area contributed by atoms with E-state index < -0.39 is 0 Å². The maximum atomic E-state index is 13.0. The number of carbonyl (C=O) groups is 1. The molecule has 0 atom stereocenters. The molecule has 0 spiro atoms. The fraction of sp³-hybridized carbons (Fsp3) is 0.235. The van der Waals surface area contributed by atoms with Crippen molar-refractivity contribution in [2.75, 3.05) is 14.2 Å². The Labute approximate surface area is 146 Å². The smallest absolute Gasteiger partial charge is 0.193 e. The third-order valence-electron chi connectivity index (χ3n) is 3.60. The van der Waals surface area contributed by atoms with Crippen molar-refractivity contribution >= 4 is 37.6 Å². The molecular formula is C17H16Br2O3. The van der Waals surface area contributed by atoms with Gasteiger partial charge in [0.25, 0.3) is 0 Å². The Morgan fingerprint density at radius 2 is 1.18 bits per heavy atom. The lowest BCUT2D eigenvalue weighted by molar-refractivity contribution is 0.103. The molecule has 0 aliphatic carbocycles. The van der Waals surface area contributed by atoms with E-state index >= 15 is 0 Å². The normalized spacial score (nSPS) is 10.5. The predicted octanol–water partition coefficient (Wildman–Crippen LogP) is 5.08. The highest BCUT2D eigenvalue weighted by Crippen LogP contribution is 2.32. The first kappa shape index (κ1) is 17.0. The van der Waals surface area contributed by atoms with Crippen molar-refractivity contribution in [3.05, 3.63) is 55.5 Å². The van der Waals surface area contributed by atoms with Gasteiger partial charge < -0.3 is 9.47 Å². The second-order valence-electron chi connectivity index (χ2n) is 4.89. The molecule has 0 radical (unpaired) electrons. The van der Waals surface area contributed by atoms with Crippen LogP contribution in [0.3, 0.4) is 0 Å². The minimum absolute atomic E-state index is 0.0609. The molecular weight excluding hydrogens is 412 g/mol. The van der Waals surface area contributed by atoms with Crippen LogP contribution in [0.4, 0.5) is 0 Å². The van der Waals surface area contributed by atoms with Crippen LogP contribution in [0.1, 0.15) is 27.0 Å². The summed E-state index contributed by atoms with van der Waals surface area (Å²) in [5, 5.41) is 0. The average Bonchev–Trinajstić information content (AvgIpc) is 2.51. The van der Waals surface area contributed by atoms with E-state index in [0.717, 1.165) is 20.1 Å². The number of methoxy groups -OCH3 is 2. The van der Waals surface area contributed by atoms with Crippen molar-refractivity contribution in [3.8, 4) is 11.5 Å². The minimum atomic E-state index is -0.0609. The summed E-state index contributed by atoms with van der Waals surface area (Å²) in [7, 11) is 3.16. The average molecular weight is 428 g/mol. The van der Waals surface area contributed by atoms with E-state index in [0.29, 0.717) is 22.6 Å². The lowest BCUT2D eigenvalue weighted by Gasteiger charge is -2.13. The second-order valence-corrected chi connectivity index (χ2v) is 6.60. The van der Waals surface area contributed by atoms with Crippen LogP contribution in [-0.4, -0.2) is 20.0 Å². The summed E-state index contributed by atoms with van der Waals surface area (Å²) in [4.78, 5) is 13.0. The number of carbonyl (C=O) groups excluding carboxylic acids is 1. The Hall–Kier alpha value is -1.33. The fourth-order valence-corrected chi connectivity index (χ4v) is 3.04. The summed E-state index contributed by atoms with van der Waals surface area (Å²) >= 11 is 6.95. The molecule has 0 aliphatic rings. The van der Waals surface area contributed by atoms with Crippen LogP contribution in [-0.2, 0) is 0 Å². The van der Waals surface area contributed by atoms with Gasteiger partial charge in [0.15, 0.2) is 5.78 Å². The third kappa shape index (κ3) is 3.20. The lowest BCUT2D eigenvalue weighted by atomic mass is 9.95. The molecule has 0 heterocycles. The summed E-state index contributed by atoms with van der Waals surface area (Å²) in [6, 6.07) is 7.21. The predicted molar refractivity (Wildman–Crippen MR) is 94.3 cm³/mol. The van der Waals surface area contributed by atoms with Gasteiger partial charge in [-0.3, -0.25) is 4.79 Å². The van der Waals surface area contributed by atoms with Gasteiger partial charge in [-0.25, -0.2) is 0 Å². The molecule has 0 saturated carbocycles. The number of ketones is 1.